The lowest BCUT2D eigenvalue weighted by Gasteiger charge is -2.34. The number of carbonyl (C=O) groups excluding carboxylic acids is 2. The van der Waals surface area contributed by atoms with Crippen molar-refractivity contribution >= 4 is 23.6 Å². The number of hydrogen-bond donors (Lipinski definition) is 1. The van der Waals surface area contributed by atoms with Crippen LogP contribution in [0.4, 0.5) is 0 Å². The number of hydrogen-bond acceptors (Lipinski definition) is 4. The highest BCUT2D eigenvalue weighted by molar-refractivity contribution is 7.99. The van der Waals surface area contributed by atoms with Crippen LogP contribution in [-0.4, -0.2) is 39.0 Å². The van der Waals surface area contributed by atoms with Gasteiger partial charge in [-0.1, -0.05) is 85.3 Å². The molecule has 0 atom stereocenters. The van der Waals surface area contributed by atoms with Gasteiger partial charge >= 0.3 is 0 Å². The summed E-state index contributed by atoms with van der Waals surface area (Å²) in [5, 5.41) is 0.846. The summed E-state index contributed by atoms with van der Waals surface area (Å²) in [5.41, 5.74) is 6.32. The van der Waals surface area contributed by atoms with Gasteiger partial charge in [-0.05, 0) is 25.7 Å². The first-order valence-corrected chi connectivity index (χ1v) is 12.4. The Bertz CT molecular complexity index is 1060. The third-order valence-corrected chi connectivity index (χ3v) is 6.93. The van der Waals surface area contributed by atoms with Crippen LogP contribution in [0.5, 0.6) is 0 Å². The van der Waals surface area contributed by atoms with Crippen molar-refractivity contribution in [3.63, 3.8) is 0 Å². The minimum atomic E-state index is -0.230. The summed E-state index contributed by atoms with van der Waals surface area (Å²) in [6.45, 7) is 8.58. The molecule has 0 bridgehead atoms. The Kier molecular flexibility index (Phi) is 6.75. The first-order valence-electron chi connectivity index (χ1n) is 11.4. The van der Waals surface area contributed by atoms with Gasteiger partial charge < -0.3 is 4.98 Å². The van der Waals surface area contributed by atoms with Crippen LogP contribution in [0.15, 0.2) is 53.7 Å². The number of imidazole rings is 1. The fourth-order valence-electron chi connectivity index (χ4n) is 4.12. The number of piperidine rings is 1. The summed E-state index contributed by atoms with van der Waals surface area (Å²) in [6.07, 6.45) is 1.61. The lowest BCUT2D eigenvalue weighted by atomic mass is 9.82. The van der Waals surface area contributed by atoms with E-state index in [0.29, 0.717) is 19.4 Å². The zero-order valence-electron chi connectivity index (χ0n) is 19.8. The number of rotatable bonds is 7. The smallest absolute Gasteiger partial charge is 0.229 e. The number of amides is 2. The molecule has 1 aromatic heterocycles. The van der Waals surface area contributed by atoms with Crippen LogP contribution in [0.3, 0.4) is 0 Å². The molecule has 0 saturated carbocycles. The lowest BCUT2D eigenvalue weighted by molar-refractivity contribution is -0.152. The summed E-state index contributed by atoms with van der Waals surface area (Å²) in [4.78, 5) is 34.6. The highest BCUT2D eigenvalue weighted by atomic mass is 32.2. The fraction of sp³-hybridized carbons (Fsp3) is 0.370. The first kappa shape index (κ1) is 23.3. The van der Waals surface area contributed by atoms with Crippen molar-refractivity contribution in [1.29, 1.82) is 0 Å². The number of likely N-dealkylation sites (tertiary alicyclic amines) is 1. The second kappa shape index (κ2) is 9.56. The molecule has 3 aromatic rings. The SMILES string of the molecule is Cc1ccc(-c2nc(SCCCN3C(=O)CC(C)(C)CC3=O)[nH]c2-c2ccc(C)cc2)cc1. The molecule has 33 heavy (non-hydrogen) atoms. The predicted octanol–water partition coefficient (Wildman–Crippen LogP) is 6.02. The molecule has 2 amide bonds. The van der Waals surface area contributed by atoms with E-state index in [0.717, 1.165) is 39.8 Å². The van der Waals surface area contributed by atoms with Gasteiger partial charge in [0.25, 0.3) is 0 Å². The molecule has 0 spiro atoms. The third-order valence-electron chi connectivity index (χ3n) is 5.97. The van der Waals surface area contributed by atoms with Gasteiger partial charge in [-0.3, -0.25) is 14.5 Å². The van der Waals surface area contributed by atoms with Crippen LogP contribution in [0.25, 0.3) is 22.5 Å². The molecular formula is C27H31N3O2S. The Hall–Kier alpha value is -2.86. The fourth-order valence-corrected chi connectivity index (χ4v) is 4.92. The molecule has 2 aromatic carbocycles. The average molecular weight is 462 g/mol. The summed E-state index contributed by atoms with van der Waals surface area (Å²) >= 11 is 1.63. The molecule has 1 aliphatic rings. The molecule has 0 aliphatic carbocycles. The average Bonchev–Trinajstić information content (AvgIpc) is 3.17. The normalized spacial score (nSPS) is 15.8. The number of H-pyrrole nitrogens is 1. The second-order valence-corrected chi connectivity index (χ2v) is 10.7. The van der Waals surface area contributed by atoms with Crippen molar-refractivity contribution in [1.82, 2.24) is 14.9 Å². The lowest BCUT2D eigenvalue weighted by Crippen LogP contribution is -2.46. The Morgan fingerprint density at radius 2 is 1.45 bits per heavy atom. The molecule has 1 saturated heterocycles. The van der Waals surface area contributed by atoms with E-state index in [4.69, 9.17) is 4.98 Å². The minimum Gasteiger partial charge on any atom is -0.332 e. The zero-order chi connectivity index (χ0) is 23.6. The van der Waals surface area contributed by atoms with Crippen LogP contribution in [0, 0.1) is 19.3 Å². The number of aryl methyl sites for hydroxylation is 2. The van der Waals surface area contributed by atoms with Crippen molar-refractivity contribution in [2.24, 2.45) is 5.41 Å². The molecule has 1 fully saturated rings. The van der Waals surface area contributed by atoms with E-state index in [9.17, 15) is 9.59 Å². The van der Waals surface area contributed by atoms with Crippen molar-refractivity contribution in [3.05, 3.63) is 59.7 Å². The summed E-state index contributed by atoms with van der Waals surface area (Å²) in [5.74, 6) is 0.666. The van der Waals surface area contributed by atoms with Gasteiger partial charge in [0.2, 0.25) is 11.8 Å². The number of nitrogens with one attached hydrogen (secondary N) is 1. The van der Waals surface area contributed by atoms with Crippen LogP contribution in [-0.2, 0) is 9.59 Å². The molecule has 4 rings (SSSR count). The van der Waals surface area contributed by atoms with Crippen LogP contribution >= 0.6 is 11.8 Å². The molecule has 0 unspecified atom stereocenters. The number of aromatic nitrogens is 2. The first-order chi connectivity index (χ1) is 15.7. The summed E-state index contributed by atoms with van der Waals surface area (Å²) in [6, 6.07) is 16.9. The molecule has 0 radical (unpaired) electrons. The van der Waals surface area contributed by atoms with Crippen molar-refractivity contribution in [2.45, 2.75) is 52.1 Å². The summed E-state index contributed by atoms with van der Waals surface area (Å²) in [7, 11) is 0. The maximum Gasteiger partial charge on any atom is 0.229 e. The second-order valence-electron chi connectivity index (χ2n) is 9.66. The van der Waals surface area contributed by atoms with Crippen molar-refractivity contribution in [2.75, 3.05) is 12.3 Å². The van der Waals surface area contributed by atoms with Gasteiger partial charge in [-0.25, -0.2) is 4.98 Å². The van der Waals surface area contributed by atoms with E-state index < -0.39 is 0 Å². The van der Waals surface area contributed by atoms with E-state index >= 15 is 0 Å². The van der Waals surface area contributed by atoms with E-state index in [2.05, 4.69) is 67.4 Å². The van der Waals surface area contributed by atoms with Crippen molar-refractivity contribution in [3.8, 4) is 22.5 Å². The highest BCUT2D eigenvalue weighted by Crippen LogP contribution is 2.34. The minimum absolute atomic E-state index is 0.0532. The van der Waals surface area contributed by atoms with Gasteiger partial charge in [-0.2, -0.15) is 0 Å². The van der Waals surface area contributed by atoms with Gasteiger partial charge in [-0.15, -0.1) is 0 Å². The molecule has 6 heteroatoms. The largest absolute Gasteiger partial charge is 0.332 e. The zero-order valence-corrected chi connectivity index (χ0v) is 20.6. The van der Waals surface area contributed by atoms with Crippen LogP contribution in [0.2, 0.25) is 0 Å². The van der Waals surface area contributed by atoms with E-state index in [-0.39, 0.29) is 17.2 Å². The Balaban J connectivity index is 1.46. The maximum atomic E-state index is 12.4. The number of nitrogens with zero attached hydrogens (tertiary/aromatic N) is 2. The Morgan fingerprint density at radius 3 is 2.03 bits per heavy atom. The molecule has 1 aliphatic heterocycles. The van der Waals surface area contributed by atoms with Crippen molar-refractivity contribution < 1.29 is 9.59 Å². The van der Waals surface area contributed by atoms with Crippen LogP contribution < -0.4 is 0 Å². The molecule has 1 N–H and O–H groups in total. The van der Waals surface area contributed by atoms with Crippen LogP contribution in [0.1, 0.15) is 44.2 Å². The topological polar surface area (TPSA) is 66.1 Å². The highest BCUT2D eigenvalue weighted by Gasteiger charge is 2.36. The Morgan fingerprint density at radius 1 is 0.909 bits per heavy atom. The number of thioether (sulfide) groups is 1. The van der Waals surface area contributed by atoms with E-state index in [1.807, 2.05) is 13.8 Å². The molecule has 5 nitrogen and oxygen atoms in total. The van der Waals surface area contributed by atoms with E-state index in [1.54, 1.807) is 11.8 Å². The van der Waals surface area contributed by atoms with Gasteiger partial charge in [0, 0.05) is 36.3 Å². The Labute approximate surface area is 200 Å². The quantitative estimate of drug-likeness (QED) is 0.265. The number of imide groups is 1. The standard InChI is InChI=1S/C27H31N3O2S/c1-18-6-10-20(11-7-18)24-25(21-12-8-19(2)9-13-21)29-26(28-24)33-15-5-14-30-22(31)16-27(3,4)17-23(30)32/h6-13H,5,14-17H2,1-4H3,(H,28,29). The number of carbonyl (C=O) groups is 2. The number of benzene rings is 2. The van der Waals surface area contributed by atoms with Gasteiger partial charge in [0.1, 0.15) is 0 Å². The van der Waals surface area contributed by atoms with Gasteiger partial charge in [0.15, 0.2) is 5.16 Å². The van der Waals surface area contributed by atoms with E-state index in [1.165, 1.54) is 16.0 Å². The monoisotopic (exact) mass is 461 g/mol. The third kappa shape index (κ3) is 5.56. The predicted molar refractivity (Wildman–Crippen MR) is 134 cm³/mol. The maximum absolute atomic E-state index is 12.4. The number of aromatic amines is 1. The molecular weight excluding hydrogens is 430 g/mol. The molecule has 2 heterocycles. The molecule has 172 valence electrons. The summed E-state index contributed by atoms with van der Waals surface area (Å²) < 4.78 is 0. The van der Waals surface area contributed by atoms with Gasteiger partial charge in [0.05, 0.1) is 11.4 Å².